The summed E-state index contributed by atoms with van der Waals surface area (Å²) in [5.41, 5.74) is 11.2. The smallest absolute Gasteiger partial charge is 0.326 e. The van der Waals surface area contributed by atoms with Crippen LogP contribution in [0.3, 0.4) is 0 Å². The molecule has 29 heavy (non-hydrogen) atoms. The van der Waals surface area contributed by atoms with E-state index in [2.05, 4.69) is 16.0 Å². The molecule has 0 heterocycles. The van der Waals surface area contributed by atoms with Crippen molar-refractivity contribution in [3.8, 4) is 0 Å². The minimum absolute atomic E-state index is 0.0823. The molecule has 0 saturated carbocycles. The van der Waals surface area contributed by atoms with Crippen LogP contribution in [0.5, 0.6) is 0 Å². The Morgan fingerprint density at radius 1 is 0.966 bits per heavy atom. The van der Waals surface area contributed by atoms with Crippen LogP contribution in [0.4, 0.5) is 0 Å². The van der Waals surface area contributed by atoms with Crippen LogP contribution in [0.25, 0.3) is 0 Å². The van der Waals surface area contributed by atoms with Crippen molar-refractivity contribution in [3.05, 3.63) is 0 Å². The lowest BCUT2D eigenvalue weighted by molar-refractivity contribution is -0.143. The molecule has 10 heteroatoms. The Kier molecular flexibility index (Phi) is 12.8. The van der Waals surface area contributed by atoms with Crippen molar-refractivity contribution in [1.29, 1.82) is 0 Å². The number of aliphatic carboxylic acids is 1. The van der Waals surface area contributed by atoms with Crippen LogP contribution < -0.4 is 27.4 Å². The Bertz CT molecular complexity index is 553. The van der Waals surface area contributed by atoms with E-state index in [1.807, 2.05) is 13.8 Å². The van der Waals surface area contributed by atoms with E-state index in [4.69, 9.17) is 11.5 Å². The van der Waals surface area contributed by atoms with Gasteiger partial charge in [0.25, 0.3) is 0 Å². The molecule has 3 amide bonds. The van der Waals surface area contributed by atoms with Crippen molar-refractivity contribution in [2.45, 2.75) is 71.5 Å². The van der Waals surface area contributed by atoms with Crippen LogP contribution in [0.2, 0.25) is 0 Å². The average Bonchev–Trinajstić information content (AvgIpc) is 2.62. The standard InChI is InChI=1S/C19H37N5O5/c1-11(2)9-14(18(27)24-16(12(3)4)19(28)29)23-15(25)10-22-17(26)13(21)7-5-6-8-20/h11-14,16H,5-10,20-21H2,1-4H3,(H,22,26)(H,23,25)(H,24,27)(H,28,29). The first kappa shape index (κ1) is 26.8. The molecule has 0 aromatic rings. The number of carbonyl (C=O) groups is 4. The quantitative estimate of drug-likeness (QED) is 0.203. The van der Waals surface area contributed by atoms with Crippen LogP contribution in [0, 0.1) is 11.8 Å². The van der Waals surface area contributed by atoms with Gasteiger partial charge < -0.3 is 32.5 Å². The number of hydrogen-bond donors (Lipinski definition) is 6. The second kappa shape index (κ2) is 13.9. The molecule has 0 aliphatic rings. The van der Waals surface area contributed by atoms with Crippen LogP contribution in [-0.4, -0.2) is 60.0 Å². The second-order valence-electron chi connectivity index (χ2n) is 7.93. The van der Waals surface area contributed by atoms with Gasteiger partial charge in [0.05, 0.1) is 12.6 Å². The molecular formula is C19H37N5O5. The van der Waals surface area contributed by atoms with E-state index in [9.17, 15) is 24.3 Å². The summed E-state index contributed by atoms with van der Waals surface area (Å²) < 4.78 is 0. The summed E-state index contributed by atoms with van der Waals surface area (Å²) in [4.78, 5) is 48.0. The zero-order valence-corrected chi connectivity index (χ0v) is 17.9. The molecule has 0 spiro atoms. The van der Waals surface area contributed by atoms with E-state index in [0.717, 1.165) is 6.42 Å². The van der Waals surface area contributed by atoms with Gasteiger partial charge in [-0.25, -0.2) is 4.79 Å². The predicted octanol–water partition coefficient (Wildman–Crippen LogP) is -0.685. The van der Waals surface area contributed by atoms with Crippen LogP contribution in [0.15, 0.2) is 0 Å². The van der Waals surface area contributed by atoms with Crippen molar-refractivity contribution in [3.63, 3.8) is 0 Å². The fourth-order valence-corrected chi connectivity index (χ4v) is 2.65. The van der Waals surface area contributed by atoms with Gasteiger partial charge in [0, 0.05) is 0 Å². The number of carbonyl (C=O) groups excluding carboxylic acids is 3. The SMILES string of the molecule is CC(C)CC(NC(=O)CNC(=O)C(N)CCCCN)C(=O)NC(C(=O)O)C(C)C. The predicted molar refractivity (Wildman–Crippen MR) is 110 cm³/mol. The van der Waals surface area contributed by atoms with Crippen molar-refractivity contribution in [2.24, 2.45) is 23.3 Å². The summed E-state index contributed by atoms with van der Waals surface area (Å²) in [6.45, 7) is 7.33. The molecule has 0 rings (SSSR count). The Hall–Kier alpha value is -2.20. The molecule has 0 radical (unpaired) electrons. The molecule has 0 fully saturated rings. The van der Waals surface area contributed by atoms with E-state index in [-0.39, 0.29) is 18.4 Å². The lowest BCUT2D eigenvalue weighted by Gasteiger charge is -2.24. The van der Waals surface area contributed by atoms with Crippen molar-refractivity contribution in [2.75, 3.05) is 13.1 Å². The van der Waals surface area contributed by atoms with Gasteiger partial charge in [0.2, 0.25) is 17.7 Å². The zero-order valence-electron chi connectivity index (χ0n) is 17.9. The molecule has 168 valence electrons. The molecule has 10 nitrogen and oxygen atoms in total. The van der Waals surface area contributed by atoms with E-state index in [1.54, 1.807) is 13.8 Å². The van der Waals surface area contributed by atoms with Gasteiger partial charge in [0.15, 0.2) is 0 Å². The third kappa shape index (κ3) is 11.4. The largest absolute Gasteiger partial charge is 0.480 e. The summed E-state index contributed by atoms with van der Waals surface area (Å²) in [7, 11) is 0. The summed E-state index contributed by atoms with van der Waals surface area (Å²) in [6.07, 6.45) is 2.28. The van der Waals surface area contributed by atoms with Crippen molar-refractivity contribution in [1.82, 2.24) is 16.0 Å². The molecular weight excluding hydrogens is 378 g/mol. The fraction of sp³-hybridized carbons (Fsp3) is 0.789. The van der Waals surface area contributed by atoms with Crippen LogP contribution >= 0.6 is 0 Å². The number of hydrogen-bond acceptors (Lipinski definition) is 6. The van der Waals surface area contributed by atoms with Gasteiger partial charge in [-0.3, -0.25) is 14.4 Å². The average molecular weight is 416 g/mol. The third-order valence-corrected chi connectivity index (χ3v) is 4.32. The summed E-state index contributed by atoms with van der Waals surface area (Å²) in [5, 5.41) is 16.7. The minimum Gasteiger partial charge on any atom is -0.480 e. The minimum atomic E-state index is -1.14. The van der Waals surface area contributed by atoms with Gasteiger partial charge in [-0.05, 0) is 37.6 Å². The molecule has 0 saturated heterocycles. The highest BCUT2D eigenvalue weighted by Gasteiger charge is 2.29. The van der Waals surface area contributed by atoms with E-state index >= 15 is 0 Å². The molecule has 0 bridgehead atoms. The van der Waals surface area contributed by atoms with Gasteiger partial charge in [-0.1, -0.05) is 34.1 Å². The number of nitrogens with one attached hydrogen (secondary N) is 3. The second-order valence-corrected chi connectivity index (χ2v) is 7.93. The molecule has 8 N–H and O–H groups in total. The highest BCUT2D eigenvalue weighted by atomic mass is 16.4. The maximum absolute atomic E-state index is 12.5. The van der Waals surface area contributed by atoms with Crippen molar-refractivity contribution >= 4 is 23.7 Å². The lowest BCUT2D eigenvalue weighted by Crippen LogP contribution is -2.55. The molecule has 3 atom stereocenters. The van der Waals surface area contributed by atoms with Crippen LogP contribution in [0.1, 0.15) is 53.4 Å². The number of carboxylic acid groups (broad SMARTS) is 1. The number of nitrogens with two attached hydrogens (primary N) is 2. The normalized spacial score (nSPS) is 14.2. The van der Waals surface area contributed by atoms with E-state index < -0.39 is 41.8 Å². The highest BCUT2D eigenvalue weighted by Crippen LogP contribution is 2.08. The van der Waals surface area contributed by atoms with Gasteiger partial charge in [-0.2, -0.15) is 0 Å². The summed E-state index contributed by atoms with van der Waals surface area (Å²) >= 11 is 0. The maximum atomic E-state index is 12.5. The Morgan fingerprint density at radius 3 is 2.07 bits per heavy atom. The molecule has 3 unspecified atom stereocenters. The van der Waals surface area contributed by atoms with E-state index in [0.29, 0.717) is 25.8 Å². The first-order valence-electron chi connectivity index (χ1n) is 10.0. The molecule has 0 aromatic heterocycles. The number of rotatable bonds is 14. The monoisotopic (exact) mass is 415 g/mol. The summed E-state index contributed by atoms with van der Waals surface area (Å²) in [6, 6.07) is -2.69. The number of unbranched alkanes of at least 4 members (excludes halogenated alkanes) is 1. The van der Waals surface area contributed by atoms with Crippen molar-refractivity contribution < 1.29 is 24.3 Å². The fourth-order valence-electron chi connectivity index (χ4n) is 2.65. The highest BCUT2D eigenvalue weighted by molar-refractivity contribution is 5.92. The molecule has 0 aliphatic carbocycles. The van der Waals surface area contributed by atoms with Gasteiger partial charge in [-0.15, -0.1) is 0 Å². The number of amides is 3. The zero-order chi connectivity index (χ0) is 22.6. The first-order valence-corrected chi connectivity index (χ1v) is 10.0. The summed E-state index contributed by atoms with van der Waals surface area (Å²) in [5.74, 6) is -2.94. The lowest BCUT2D eigenvalue weighted by atomic mass is 10.0. The maximum Gasteiger partial charge on any atom is 0.326 e. The van der Waals surface area contributed by atoms with Crippen LogP contribution in [-0.2, 0) is 19.2 Å². The third-order valence-electron chi connectivity index (χ3n) is 4.32. The first-order chi connectivity index (χ1) is 13.5. The molecule has 0 aliphatic heterocycles. The molecule has 0 aromatic carbocycles. The van der Waals surface area contributed by atoms with E-state index in [1.165, 1.54) is 0 Å². The van der Waals surface area contributed by atoms with Gasteiger partial charge in [0.1, 0.15) is 12.1 Å². The van der Waals surface area contributed by atoms with Gasteiger partial charge >= 0.3 is 5.97 Å². The topological polar surface area (TPSA) is 177 Å². The number of carboxylic acids is 1. The Labute approximate surface area is 172 Å². The Morgan fingerprint density at radius 2 is 1.59 bits per heavy atom. The Balaban J connectivity index is 4.76.